The van der Waals surface area contributed by atoms with Crippen molar-refractivity contribution in [3.63, 3.8) is 0 Å². The zero-order chi connectivity index (χ0) is 23.1. The molecule has 3 fully saturated rings. The smallest absolute Gasteiger partial charge is 0.269 e. The largest absolute Gasteiger partial charge is 0.497 e. The Labute approximate surface area is 188 Å². The standard InChI is InChI=1S/C23H20N4O6/c1-33-14-8-9-16-15(11-14)23(22(30)24-16)19-18(17-3-2-10-25(17)23)20(28)26(21(19)29)12-4-6-13(7-5-12)27(31)32/h4-9,11,17-19H,2-3,10H2,1H3,(H,24,30)/t17-,18-,19+,23-/m1/s1. The predicted molar refractivity (Wildman–Crippen MR) is 116 cm³/mol. The Balaban J connectivity index is 1.51. The number of nitrogens with one attached hydrogen (secondary N) is 1. The summed E-state index contributed by atoms with van der Waals surface area (Å²) in [4.78, 5) is 54.7. The maximum Gasteiger partial charge on any atom is 0.269 e. The highest BCUT2D eigenvalue weighted by Crippen LogP contribution is 2.61. The molecule has 3 saturated heterocycles. The first-order valence-electron chi connectivity index (χ1n) is 10.8. The lowest BCUT2D eigenvalue weighted by Crippen LogP contribution is -2.54. The topological polar surface area (TPSA) is 122 Å². The van der Waals surface area contributed by atoms with E-state index in [1.165, 1.54) is 31.4 Å². The fourth-order valence-electron chi connectivity index (χ4n) is 6.29. The maximum atomic E-state index is 13.9. The lowest BCUT2D eigenvalue weighted by atomic mass is 9.75. The summed E-state index contributed by atoms with van der Waals surface area (Å²) in [5.41, 5.74) is 0.110. The summed E-state index contributed by atoms with van der Waals surface area (Å²) in [6, 6.07) is 10.4. The molecule has 2 aromatic rings. The van der Waals surface area contributed by atoms with Crippen molar-refractivity contribution in [1.82, 2.24) is 4.90 Å². The molecule has 1 spiro atoms. The molecule has 168 valence electrons. The third-order valence-electron chi connectivity index (χ3n) is 7.52. The van der Waals surface area contributed by atoms with Gasteiger partial charge in [-0.15, -0.1) is 0 Å². The fraction of sp³-hybridized carbons (Fsp3) is 0.348. The van der Waals surface area contributed by atoms with Crippen LogP contribution in [0, 0.1) is 22.0 Å². The molecule has 0 radical (unpaired) electrons. The summed E-state index contributed by atoms with van der Waals surface area (Å²) in [5, 5.41) is 13.9. The number of anilines is 2. The van der Waals surface area contributed by atoms with Crippen molar-refractivity contribution in [2.24, 2.45) is 11.8 Å². The fourth-order valence-corrected chi connectivity index (χ4v) is 6.29. The Hall–Kier alpha value is -3.79. The Kier molecular flexibility index (Phi) is 3.98. The minimum absolute atomic E-state index is 0.132. The van der Waals surface area contributed by atoms with Gasteiger partial charge in [0.1, 0.15) is 11.3 Å². The molecule has 33 heavy (non-hydrogen) atoms. The van der Waals surface area contributed by atoms with E-state index in [1.807, 2.05) is 4.90 Å². The molecule has 1 N–H and O–H groups in total. The van der Waals surface area contributed by atoms with Gasteiger partial charge in [0.25, 0.3) is 5.69 Å². The number of hydrogen-bond donors (Lipinski definition) is 1. The number of fused-ring (bicyclic) bond motifs is 7. The SMILES string of the molecule is COc1ccc2c(c1)[C@]1(C(=O)N2)[C@@H]2C(=O)N(c3ccc([N+](=O)[O-])cc3)C(=O)[C@@H]2[C@H]2CCCN21. The Bertz CT molecular complexity index is 1240. The van der Waals surface area contributed by atoms with Crippen LogP contribution in [0.5, 0.6) is 5.75 Å². The van der Waals surface area contributed by atoms with Crippen LogP contribution >= 0.6 is 0 Å². The number of rotatable bonds is 3. The molecular weight excluding hydrogens is 428 g/mol. The number of hydrogen-bond acceptors (Lipinski definition) is 7. The van der Waals surface area contributed by atoms with Crippen LogP contribution in [0.3, 0.4) is 0 Å². The molecule has 0 unspecified atom stereocenters. The third kappa shape index (κ3) is 2.33. The average molecular weight is 448 g/mol. The lowest BCUT2D eigenvalue weighted by molar-refractivity contribution is -0.384. The Morgan fingerprint density at radius 1 is 1.12 bits per heavy atom. The zero-order valence-electron chi connectivity index (χ0n) is 17.7. The molecule has 0 aliphatic carbocycles. The van der Waals surface area contributed by atoms with Gasteiger partial charge >= 0.3 is 0 Å². The van der Waals surface area contributed by atoms with E-state index in [0.29, 0.717) is 30.0 Å². The van der Waals surface area contributed by atoms with Crippen molar-refractivity contribution in [2.45, 2.75) is 24.4 Å². The summed E-state index contributed by atoms with van der Waals surface area (Å²) < 4.78 is 5.39. The van der Waals surface area contributed by atoms with E-state index < -0.39 is 28.2 Å². The molecular formula is C23H20N4O6. The van der Waals surface area contributed by atoms with E-state index in [2.05, 4.69) is 5.32 Å². The van der Waals surface area contributed by atoms with Crippen LogP contribution in [0.4, 0.5) is 17.1 Å². The predicted octanol–water partition coefficient (Wildman–Crippen LogP) is 2.03. The number of non-ortho nitro benzene ring substituents is 1. The van der Waals surface area contributed by atoms with Gasteiger partial charge < -0.3 is 10.1 Å². The van der Waals surface area contributed by atoms with E-state index >= 15 is 0 Å². The first-order valence-corrected chi connectivity index (χ1v) is 10.8. The van der Waals surface area contributed by atoms with Crippen LogP contribution in [0.1, 0.15) is 18.4 Å². The number of ether oxygens (including phenoxy) is 1. The number of carbonyl (C=O) groups excluding carboxylic acids is 3. The number of carbonyl (C=O) groups is 3. The molecule has 4 aliphatic heterocycles. The van der Waals surface area contributed by atoms with Crippen molar-refractivity contribution in [2.75, 3.05) is 23.9 Å². The molecule has 4 atom stereocenters. The second kappa shape index (κ2) is 6.61. The number of methoxy groups -OCH3 is 1. The minimum atomic E-state index is -1.29. The van der Waals surface area contributed by atoms with E-state index in [4.69, 9.17) is 4.74 Å². The van der Waals surface area contributed by atoms with Gasteiger partial charge in [-0.1, -0.05) is 0 Å². The van der Waals surface area contributed by atoms with E-state index in [0.717, 1.165) is 11.3 Å². The number of imide groups is 1. The normalized spacial score (nSPS) is 29.9. The number of amides is 3. The average Bonchev–Trinajstić information content (AvgIpc) is 3.51. The van der Waals surface area contributed by atoms with Crippen molar-refractivity contribution in [3.05, 3.63) is 58.1 Å². The first-order chi connectivity index (χ1) is 15.9. The highest BCUT2D eigenvalue weighted by molar-refractivity contribution is 6.25. The van der Waals surface area contributed by atoms with Crippen molar-refractivity contribution in [1.29, 1.82) is 0 Å². The quantitative estimate of drug-likeness (QED) is 0.433. The van der Waals surface area contributed by atoms with Crippen molar-refractivity contribution >= 4 is 34.8 Å². The summed E-state index contributed by atoms with van der Waals surface area (Å²) in [6.45, 7) is 0.611. The lowest BCUT2D eigenvalue weighted by Gasteiger charge is -2.36. The van der Waals surface area contributed by atoms with Gasteiger partial charge in [-0.3, -0.25) is 29.4 Å². The molecule has 0 aromatic heterocycles. The highest BCUT2D eigenvalue weighted by Gasteiger charge is 2.74. The van der Waals surface area contributed by atoms with E-state index in [-0.39, 0.29) is 29.2 Å². The first kappa shape index (κ1) is 19.9. The van der Waals surface area contributed by atoms with Crippen LogP contribution in [0.15, 0.2) is 42.5 Å². The molecule has 4 aliphatic rings. The summed E-state index contributed by atoms with van der Waals surface area (Å²) >= 11 is 0. The minimum Gasteiger partial charge on any atom is -0.497 e. The highest BCUT2D eigenvalue weighted by atomic mass is 16.6. The zero-order valence-corrected chi connectivity index (χ0v) is 17.7. The molecule has 3 amide bonds. The third-order valence-corrected chi connectivity index (χ3v) is 7.52. The number of nitro groups is 1. The van der Waals surface area contributed by atoms with Gasteiger partial charge in [0, 0.05) is 29.4 Å². The summed E-state index contributed by atoms with van der Waals surface area (Å²) in [6.07, 6.45) is 1.53. The van der Waals surface area contributed by atoms with Crippen LogP contribution in [-0.4, -0.2) is 47.2 Å². The molecule has 0 bridgehead atoms. The number of benzene rings is 2. The van der Waals surface area contributed by atoms with Crippen LogP contribution in [0.25, 0.3) is 0 Å². The summed E-state index contributed by atoms with van der Waals surface area (Å²) in [7, 11) is 1.54. The second-order valence-electron chi connectivity index (χ2n) is 8.82. The Morgan fingerprint density at radius 2 is 1.88 bits per heavy atom. The van der Waals surface area contributed by atoms with Gasteiger partial charge in [0.2, 0.25) is 17.7 Å². The van der Waals surface area contributed by atoms with Crippen molar-refractivity contribution < 1.29 is 24.0 Å². The molecule has 0 saturated carbocycles. The number of nitrogens with zero attached hydrogens (tertiary/aromatic N) is 3. The van der Waals surface area contributed by atoms with E-state index in [9.17, 15) is 24.5 Å². The molecule has 6 rings (SSSR count). The molecule has 4 heterocycles. The van der Waals surface area contributed by atoms with Gasteiger partial charge in [-0.05, 0) is 49.7 Å². The molecule has 10 nitrogen and oxygen atoms in total. The van der Waals surface area contributed by atoms with E-state index in [1.54, 1.807) is 18.2 Å². The van der Waals surface area contributed by atoms with Gasteiger partial charge in [-0.2, -0.15) is 0 Å². The van der Waals surface area contributed by atoms with Crippen LogP contribution in [-0.2, 0) is 19.9 Å². The molecule has 2 aromatic carbocycles. The van der Waals surface area contributed by atoms with Gasteiger partial charge in [0.05, 0.1) is 29.6 Å². The van der Waals surface area contributed by atoms with Gasteiger partial charge in [-0.25, -0.2) is 4.90 Å². The number of nitro benzene ring substituents is 1. The van der Waals surface area contributed by atoms with Crippen LogP contribution < -0.4 is 15.0 Å². The summed E-state index contributed by atoms with van der Waals surface area (Å²) in [5.74, 6) is -2.13. The van der Waals surface area contributed by atoms with Gasteiger partial charge in [0.15, 0.2) is 0 Å². The second-order valence-corrected chi connectivity index (χ2v) is 8.82. The monoisotopic (exact) mass is 448 g/mol. The Morgan fingerprint density at radius 3 is 2.58 bits per heavy atom. The van der Waals surface area contributed by atoms with Crippen LogP contribution in [0.2, 0.25) is 0 Å². The van der Waals surface area contributed by atoms with Crippen molar-refractivity contribution in [3.8, 4) is 5.75 Å². The molecule has 10 heteroatoms. The maximum absolute atomic E-state index is 13.9.